The highest BCUT2D eigenvalue weighted by Gasteiger charge is 2.16. The SMILES string of the molecule is C[C@@H](NC(=O)O)c1cc(F)ccc1OCCCNC(=O)OC(C)(C)C. The maximum atomic E-state index is 13.4. The summed E-state index contributed by atoms with van der Waals surface area (Å²) in [7, 11) is 0. The zero-order chi connectivity index (χ0) is 19.0. The second-order valence-electron chi connectivity index (χ2n) is 6.48. The lowest BCUT2D eigenvalue weighted by Gasteiger charge is -2.20. The van der Waals surface area contributed by atoms with Crippen molar-refractivity contribution in [1.82, 2.24) is 10.6 Å². The predicted molar refractivity (Wildman–Crippen MR) is 90.3 cm³/mol. The van der Waals surface area contributed by atoms with E-state index < -0.39 is 29.6 Å². The van der Waals surface area contributed by atoms with E-state index in [1.807, 2.05) is 0 Å². The van der Waals surface area contributed by atoms with Crippen LogP contribution in [-0.2, 0) is 4.74 Å². The Labute approximate surface area is 146 Å². The molecule has 1 rings (SSSR count). The number of alkyl carbamates (subject to hydrolysis) is 1. The van der Waals surface area contributed by atoms with Gasteiger partial charge in [0.2, 0.25) is 0 Å². The van der Waals surface area contributed by atoms with Crippen molar-refractivity contribution in [3.05, 3.63) is 29.6 Å². The molecule has 0 bridgehead atoms. The molecular weight excluding hydrogens is 331 g/mol. The normalized spacial score (nSPS) is 12.2. The first kappa shape index (κ1) is 20.5. The highest BCUT2D eigenvalue weighted by atomic mass is 19.1. The topological polar surface area (TPSA) is 96.9 Å². The van der Waals surface area contributed by atoms with Gasteiger partial charge in [0.15, 0.2) is 0 Å². The Balaban J connectivity index is 2.49. The Morgan fingerprint density at radius 1 is 1.32 bits per heavy atom. The molecule has 0 radical (unpaired) electrons. The van der Waals surface area contributed by atoms with Crippen LogP contribution in [-0.4, -0.2) is 36.0 Å². The summed E-state index contributed by atoms with van der Waals surface area (Å²) in [6.45, 7) is 7.55. The van der Waals surface area contributed by atoms with Gasteiger partial charge in [-0.15, -0.1) is 0 Å². The molecule has 0 heterocycles. The number of halogens is 1. The van der Waals surface area contributed by atoms with Gasteiger partial charge in [-0.25, -0.2) is 14.0 Å². The molecule has 0 saturated heterocycles. The number of carbonyl (C=O) groups excluding carboxylic acids is 1. The van der Waals surface area contributed by atoms with Crippen LogP contribution in [0.15, 0.2) is 18.2 Å². The van der Waals surface area contributed by atoms with Gasteiger partial charge < -0.3 is 25.2 Å². The fourth-order valence-electron chi connectivity index (χ4n) is 2.01. The van der Waals surface area contributed by atoms with Crippen LogP contribution in [0.3, 0.4) is 0 Å². The van der Waals surface area contributed by atoms with Crippen LogP contribution in [0, 0.1) is 5.82 Å². The smallest absolute Gasteiger partial charge is 0.407 e. The number of carboxylic acid groups (broad SMARTS) is 1. The third-order valence-corrected chi connectivity index (χ3v) is 3.03. The molecule has 7 nitrogen and oxygen atoms in total. The van der Waals surface area contributed by atoms with Crippen LogP contribution in [0.4, 0.5) is 14.0 Å². The van der Waals surface area contributed by atoms with Crippen LogP contribution in [0.1, 0.15) is 45.7 Å². The van der Waals surface area contributed by atoms with Crippen molar-refractivity contribution in [2.24, 2.45) is 0 Å². The molecule has 1 aromatic rings. The zero-order valence-corrected chi connectivity index (χ0v) is 14.9. The molecule has 0 aliphatic rings. The van der Waals surface area contributed by atoms with Crippen LogP contribution in [0.2, 0.25) is 0 Å². The van der Waals surface area contributed by atoms with E-state index in [2.05, 4.69) is 10.6 Å². The van der Waals surface area contributed by atoms with Crippen LogP contribution < -0.4 is 15.4 Å². The Kier molecular flexibility index (Phi) is 7.47. The summed E-state index contributed by atoms with van der Waals surface area (Å²) in [5.74, 6) is -0.0899. The molecule has 140 valence electrons. The number of benzene rings is 1. The highest BCUT2D eigenvalue weighted by Crippen LogP contribution is 2.26. The lowest BCUT2D eigenvalue weighted by Crippen LogP contribution is -2.33. The van der Waals surface area contributed by atoms with Crippen molar-refractivity contribution >= 4 is 12.2 Å². The number of hydrogen-bond donors (Lipinski definition) is 3. The molecular formula is C17H25FN2O5. The van der Waals surface area contributed by atoms with Gasteiger partial charge in [0.1, 0.15) is 17.2 Å². The zero-order valence-electron chi connectivity index (χ0n) is 14.9. The summed E-state index contributed by atoms with van der Waals surface area (Å²) in [5, 5.41) is 13.7. The molecule has 2 amide bonds. The number of hydrogen-bond acceptors (Lipinski definition) is 4. The monoisotopic (exact) mass is 356 g/mol. The van der Waals surface area contributed by atoms with Gasteiger partial charge in [0.25, 0.3) is 0 Å². The summed E-state index contributed by atoms with van der Waals surface area (Å²) >= 11 is 0. The number of amides is 2. The molecule has 0 spiro atoms. The fourth-order valence-corrected chi connectivity index (χ4v) is 2.01. The summed E-state index contributed by atoms with van der Waals surface area (Å²) in [6.07, 6.45) is -1.20. The first-order chi connectivity index (χ1) is 11.6. The summed E-state index contributed by atoms with van der Waals surface area (Å²) in [5.41, 5.74) is -0.154. The second-order valence-corrected chi connectivity index (χ2v) is 6.48. The molecule has 3 N–H and O–H groups in total. The van der Waals surface area contributed by atoms with Gasteiger partial charge in [-0.05, 0) is 52.3 Å². The molecule has 0 aliphatic heterocycles. The number of rotatable bonds is 7. The van der Waals surface area contributed by atoms with E-state index in [9.17, 15) is 14.0 Å². The van der Waals surface area contributed by atoms with E-state index >= 15 is 0 Å². The van der Waals surface area contributed by atoms with Gasteiger partial charge in [0.05, 0.1) is 12.6 Å². The van der Waals surface area contributed by atoms with E-state index in [1.165, 1.54) is 18.2 Å². The summed E-state index contributed by atoms with van der Waals surface area (Å²) in [4.78, 5) is 22.2. The third-order valence-electron chi connectivity index (χ3n) is 3.03. The molecule has 0 unspecified atom stereocenters. The van der Waals surface area contributed by atoms with E-state index in [-0.39, 0.29) is 6.61 Å². The van der Waals surface area contributed by atoms with E-state index in [4.69, 9.17) is 14.6 Å². The lowest BCUT2D eigenvalue weighted by molar-refractivity contribution is 0.0525. The van der Waals surface area contributed by atoms with Crippen molar-refractivity contribution in [2.45, 2.75) is 45.8 Å². The Hall–Kier alpha value is -2.51. The van der Waals surface area contributed by atoms with Gasteiger partial charge in [-0.1, -0.05) is 0 Å². The quantitative estimate of drug-likeness (QED) is 0.650. The van der Waals surface area contributed by atoms with Crippen molar-refractivity contribution < 1.29 is 28.6 Å². The standard InChI is InChI=1S/C17H25FN2O5/c1-11(20-15(21)22)13-10-12(18)6-7-14(13)24-9-5-8-19-16(23)25-17(2,3)4/h6-7,10-11,20H,5,8-9H2,1-4H3,(H,19,23)(H,21,22)/t11-/m1/s1. The average Bonchev–Trinajstić information content (AvgIpc) is 2.45. The van der Waals surface area contributed by atoms with Crippen molar-refractivity contribution in [3.8, 4) is 5.75 Å². The first-order valence-electron chi connectivity index (χ1n) is 7.97. The van der Waals surface area contributed by atoms with E-state index in [0.29, 0.717) is 24.3 Å². The third kappa shape index (κ3) is 8.23. The fraction of sp³-hybridized carbons (Fsp3) is 0.529. The van der Waals surface area contributed by atoms with E-state index in [1.54, 1.807) is 27.7 Å². The Bertz CT molecular complexity index is 601. The number of carbonyl (C=O) groups is 2. The van der Waals surface area contributed by atoms with Crippen molar-refractivity contribution in [1.29, 1.82) is 0 Å². The Morgan fingerprint density at radius 3 is 2.60 bits per heavy atom. The maximum Gasteiger partial charge on any atom is 0.407 e. The van der Waals surface area contributed by atoms with Crippen LogP contribution >= 0.6 is 0 Å². The minimum atomic E-state index is -1.20. The van der Waals surface area contributed by atoms with Crippen molar-refractivity contribution in [2.75, 3.05) is 13.2 Å². The van der Waals surface area contributed by atoms with Gasteiger partial charge >= 0.3 is 12.2 Å². The second kappa shape index (κ2) is 9.10. The molecule has 0 aromatic heterocycles. The molecule has 0 fully saturated rings. The minimum absolute atomic E-state index is 0.272. The molecule has 1 aromatic carbocycles. The van der Waals surface area contributed by atoms with Gasteiger partial charge in [-0.3, -0.25) is 0 Å². The largest absolute Gasteiger partial charge is 0.493 e. The molecule has 25 heavy (non-hydrogen) atoms. The first-order valence-corrected chi connectivity index (χ1v) is 7.97. The molecule has 0 aliphatic carbocycles. The summed E-state index contributed by atoms with van der Waals surface area (Å²) in [6, 6.07) is 3.30. The summed E-state index contributed by atoms with van der Waals surface area (Å²) < 4.78 is 24.1. The molecule has 0 saturated carbocycles. The average molecular weight is 356 g/mol. The lowest BCUT2D eigenvalue weighted by atomic mass is 10.1. The minimum Gasteiger partial charge on any atom is -0.493 e. The molecule has 1 atom stereocenters. The highest BCUT2D eigenvalue weighted by molar-refractivity contribution is 5.67. The maximum absolute atomic E-state index is 13.4. The van der Waals surface area contributed by atoms with Gasteiger partial charge in [-0.2, -0.15) is 0 Å². The Morgan fingerprint density at radius 2 is 2.00 bits per heavy atom. The molecule has 8 heteroatoms. The van der Waals surface area contributed by atoms with Crippen LogP contribution in [0.5, 0.6) is 5.75 Å². The number of ether oxygens (including phenoxy) is 2. The van der Waals surface area contributed by atoms with Gasteiger partial charge in [0, 0.05) is 12.1 Å². The van der Waals surface area contributed by atoms with E-state index in [0.717, 1.165) is 0 Å². The van der Waals surface area contributed by atoms with Crippen LogP contribution in [0.25, 0.3) is 0 Å². The predicted octanol–water partition coefficient (Wildman–Crippen LogP) is 3.45. The number of nitrogens with one attached hydrogen (secondary N) is 2. The van der Waals surface area contributed by atoms with Crippen molar-refractivity contribution in [3.63, 3.8) is 0 Å².